The lowest BCUT2D eigenvalue weighted by Gasteiger charge is -2.39. The van der Waals surface area contributed by atoms with Gasteiger partial charge in [-0.05, 0) is 6.92 Å². The number of carbonyl (C=O) groups excluding carboxylic acids is 2. The van der Waals surface area contributed by atoms with Gasteiger partial charge in [0.2, 0.25) is 11.6 Å². The van der Waals surface area contributed by atoms with Crippen LogP contribution in [0.15, 0.2) is 22.5 Å². The fourth-order valence-corrected chi connectivity index (χ4v) is 4.16. The summed E-state index contributed by atoms with van der Waals surface area (Å²) in [7, 11) is 1.55. The van der Waals surface area contributed by atoms with Gasteiger partial charge in [0, 0.05) is 30.8 Å². The molecule has 4 N–H and O–H groups in total. The van der Waals surface area contributed by atoms with E-state index in [1.165, 1.54) is 0 Å². The van der Waals surface area contributed by atoms with E-state index < -0.39 is 11.6 Å². The Kier molecular flexibility index (Phi) is 2.31. The molecule has 4 aliphatic rings. The molecule has 112 valence electrons. The first-order valence-electron chi connectivity index (χ1n) is 6.98. The third kappa shape index (κ3) is 1.21. The molecule has 7 nitrogen and oxygen atoms in total. The van der Waals surface area contributed by atoms with Gasteiger partial charge in [0.1, 0.15) is 0 Å². The number of nitrogens with one attached hydrogen (secondary N) is 1. The number of carbonyl (C=O) groups is 2. The SMILES string of the molecule is CO[C@@]12[C@H](CO)C3=C(C(=O)C(C)=C(N)C3=O)N1C[C@@H]1N[C@@H]12. The highest BCUT2D eigenvalue weighted by molar-refractivity contribution is 6.25. The average Bonchev–Trinajstić information content (AvgIpc) is 3.09. The molecule has 0 radical (unpaired) electrons. The Hall–Kier alpha value is -1.70. The number of methoxy groups -OCH3 is 1. The lowest BCUT2D eigenvalue weighted by Crippen LogP contribution is -2.54. The lowest BCUT2D eigenvalue weighted by atomic mass is 9.82. The quantitative estimate of drug-likeness (QED) is 0.408. The van der Waals surface area contributed by atoms with Gasteiger partial charge in [-0.25, -0.2) is 0 Å². The Morgan fingerprint density at radius 1 is 1.48 bits per heavy atom. The molecule has 1 aliphatic carbocycles. The van der Waals surface area contributed by atoms with Crippen LogP contribution in [0, 0.1) is 5.92 Å². The third-order valence-corrected chi connectivity index (χ3v) is 5.26. The fourth-order valence-electron chi connectivity index (χ4n) is 4.16. The largest absolute Gasteiger partial charge is 0.396 e. The van der Waals surface area contributed by atoms with E-state index in [0.717, 1.165) is 0 Å². The van der Waals surface area contributed by atoms with E-state index in [4.69, 9.17) is 10.5 Å². The second-order valence-corrected chi connectivity index (χ2v) is 6.01. The van der Waals surface area contributed by atoms with E-state index in [2.05, 4.69) is 5.32 Å². The molecular weight excluding hydrogens is 274 g/mol. The first-order valence-corrected chi connectivity index (χ1v) is 6.98. The van der Waals surface area contributed by atoms with Gasteiger partial charge in [0.15, 0.2) is 5.72 Å². The number of fused-ring (bicyclic) bond motifs is 4. The lowest BCUT2D eigenvalue weighted by molar-refractivity contribution is -0.137. The summed E-state index contributed by atoms with van der Waals surface area (Å²) in [6.45, 7) is 1.90. The minimum atomic E-state index is -0.861. The van der Waals surface area contributed by atoms with Crippen LogP contribution < -0.4 is 11.1 Å². The highest BCUT2D eigenvalue weighted by Crippen LogP contribution is 2.55. The molecule has 2 fully saturated rings. The number of Topliss-reactive ketones (excluding diaryl/α,β-unsaturated/α-hetero) is 2. The Bertz CT molecular complexity index is 627. The summed E-state index contributed by atoms with van der Waals surface area (Å²) >= 11 is 0. The van der Waals surface area contributed by atoms with Gasteiger partial charge < -0.3 is 25.8 Å². The van der Waals surface area contributed by atoms with Crippen molar-refractivity contribution in [2.75, 3.05) is 20.3 Å². The molecule has 0 aromatic rings. The van der Waals surface area contributed by atoms with Crippen LogP contribution in [0.4, 0.5) is 0 Å². The van der Waals surface area contributed by atoms with Crippen molar-refractivity contribution >= 4 is 11.6 Å². The maximum atomic E-state index is 12.6. The number of ether oxygens (including phenoxy) is 1. The molecule has 3 aliphatic heterocycles. The Balaban J connectivity index is 1.92. The van der Waals surface area contributed by atoms with Crippen molar-refractivity contribution in [3.05, 3.63) is 22.5 Å². The first-order chi connectivity index (χ1) is 9.98. The zero-order valence-corrected chi connectivity index (χ0v) is 11.8. The second kappa shape index (κ2) is 3.73. The Morgan fingerprint density at radius 2 is 2.19 bits per heavy atom. The van der Waals surface area contributed by atoms with Gasteiger partial charge in [-0.1, -0.05) is 0 Å². The predicted molar refractivity (Wildman–Crippen MR) is 71.7 cm³/mol. The summed E-state index contributed by atoms with van der Waals surface area (Å²) < 4.78 is 5.74. The number of aliphatic hydroxyl groups is 1. The van der Waals surface area contributed by atoms with Crippen LogP contribution in [0.3, 0.4) is 0 Å². The number of nitrogens with zero attached hydrogens (tertiary/aromatic N) is 1. The normalized spacial score (nSPS) is 40.7. The van der Waals surface area contributed by atoms with Crippen LogP contribution in [-0.2, 0) is 14.3 Å². The zero-order valence-electron chi connectivity index (χ0n) is 11.8. The smallest absolute Gasteiger partial charge is 0.207 e. The van der Waals surface area contributed by atoms with E-state index in [1.807, 2.05) is 4.90 Å². The molecule has 0 spiro atoms. The van der Waals surface area contributed by atoms with E-state index >= 15 is 0 Å². The number of aliphatic hydroxyl groups excluding tert-OH is 1. The number of hydrogen-bond acceptors (Lipinski definition) is 7. The van der Waals surface area contributed by atoms with E-state index in [9.17, 15) is 14.7 Å². The Labute approximate surface area is 121 Å². The molecular formula is C14H17N3O4. The average molecular weight is 291 g/mol. The van der Waals surface area contributed by atoms with Crippen molar-refractivity contribution in [2.24, 2.45) is 11.7 Å². The van der Waals surface area contributed by atoms with Crippen LogP contribution in [-0.4, -0.2) is 59.6 Å². The standard InChI is InChI=1S/C14H17N3O4/c1-5-9(15)12(20)8-6(4-18)14(21-2)13-7(16-13)3-17(14)10(8)11(5)19/h6-7,13,16,18H,3-4,15H2,1-2H3/t6-,7+,13+,14-/m1/s1. The van der Waals surface area contributed by atoms with Crippen LogP contribution in [0.5, 0.6) is 0 Å². The van der Waals surface area contributed by atoms with Crippen molar-refractivity contribution in [3.8, 4) is 0 Å². The molecule has 0 saturated carbocycles. The molecule has 4 rings (SSSR count). The van der Waals surface area contributed by atoms with Crippen molar-refractivity contribution < 1.29 is 19.4 Å². The highest BCUT2D eigenvalue weighted by atomic mass is 16.5. The molecule has 0 aromatic heterocycles. The minimum absolute atomic E-state index is 0.0207. The number of nitrogens with two attached hydrogens (primary N) is 1. The van der Waals surface area contributed by atoms with Gasteiger partial charge in [0.25, 0.3) is 0 Å². The topological polar surface area (TPSA) is 115 Å². The van der Waals surface area contributed by atoms with Gasteiger partial charge in [-0.3, -0.25) is 9.59 Å². The zero-order chi connectivity index (χ0) is 15.1. The van der Waals surface area contributed by atoms with Crippen molar-refractivity contribution in [3.63, 3.8) is 0 Å². The van der Waals surface area contributed by atoms with Gasteiger partial charge in [0.05, 0.1) is 30.0 Å². The summed E-state index contributed by atoms with van der Waals surface area (Å²) in [4.78, 5) is 27.0. The van der Waals surface area contributed by atoms with Gasteiger partial charge in [-0.15, -0.1) is 0 Å². The number of hydrogen-bond donors (Lipinski definition) is 3. The number of rotatable bonds is 2. The van der Waals surface area contributed by atoms with Crippen molar-refractivity contribution in [1.29, 1.82) is 0 Å². The molecule has 3 heterocycles. The molecule has 0 unspecified atom stereocenters. The molecule has 0 aromatic carbocycles. The second-order valence-electron chi connectivity index (χ2n) is 6.01. The maximum Gasteiger partial charge on any atom is 0.207 e. The number of ketones is 2. The highest BCUT2D eigenvalue weighted by Gasteiger charge is 2.72. The van der Waals surface area contributed by atoms with Gasteiger partial charge in [-0.2, -0.15) is 0 Å². The molecule has 4 atom stereocenters. The van der Waals surface area contributed by atoms with Gasteiger partial charge >= 0.3 is 0 Å². The number of allylic oxidation sites excluding steroid dienone is 2. The number of piperazine rings is 1. The van der Waals surface area contributed by atoms with E-state index in [1.54, 1.807) is 14.0 Å². The van der Waals surface area contributed by atoms with Crippen LogP contribution >= 0.6 is 0 Å². The molecule has 2 saturated heterocycles. The molecule has 21 heavy (non-hydrogen) atoms. The summed E-state index contributed by atoms with van der Waals surface area (Å²) in [5, 5.41) is 13.1. The van der Waals surface area contributed by atoms with Crippen molar-refractivity contribution in [2.45, 2.75) is 24.7 Å². The van der Waals surface area contributed by atoms with Crippen LogP contribution in [0.2, 0.25) is 0 Å². The monoisotopic (exact) mass is 291 g/mol. The first kappa shape index (κ1) is 13.0. The molecule has 7 heteroatoms. The molecule has 0 amide bonds. The van der Waals surface area contributed by atoms with E-state index in [0.29, 0.717) is 17.8 Å². The van der Waals surface area contributed by atoms with E-state index in [-0.39, 0.29) is 41.5 Å². The maximum absolute atomic E-state index is 12.6. The predicted octanol–water partition coefficient (Wildman–Crippen LogP) is -1.75. The fraction of sp³-hybridized carbons (Fsp3) is 0.571. The summed E-state index contributed by atoms with van der Waals surface area (Å²) in [5.41, 5.74) is 5.84. The third-order valence-electron chi connectivity index (χ3n) is 5.26. The summed E-state index contributed by atoms with van der Waals surface area (Å²) in [6, 6.07) is 0.256. The van der Waals surface area contributed by atoms with Crippen molar-refractivity contribution in [1.82, 2.24) is 10.2 Å². The van der Waals surface area contributed by atoms with Crippen LogP contribution in [0.25, 0.3) is 0 Å². The summed E-state index contributed by atoms with van der Waals surface area (Å²) in [6.07, 6.45) is 0. The molecule has 0 bridgehead atoms. The minimum Gasteiger partial charge on any atom is -0.396 e. The Morgan fingerprint density at radius 3 is 2.81 bits per heavy atom. The summed E-state index contributed by atoms with van der Waals surface area (Å²) in [5.74, 6) is -1.16. The van der Waals surface area contributed by atoms with Crippen LogP contribution in [0.1, 0.15) is 6.92 Å².